The van der Waals surface area contributed by atoms with Crippen LogP contribution in [0.5, 0.6) is 5.75 Å². The van der Waals surface area contributed by atoms with Gasteiger partial charge in [0.1, 0.15) is 5.75 Å². The second-order valence-electron chi connectivity index (χ2n) is 8.52. The van der Waals surface area contributed by atoms with Crippen molar-refractivity contribution in [3.05, 3.63) is 77.4 Å². The van der Waals surface area contributed by atoms with E-state index in [0.29, 0.717) is 17.9 Å². The van der Waals surface area contributed by atoms with Gasteiger partial charge >= 0.3 is 0 Å². The number of likely N-dealkylation sites (tertiary alicyclic amines) is 1. The maximum Gasteiger partial charge on any atom is 0.251 e. The zero-order valence-corrected chi connectivity index (χ0v) is 19.0. The van der Waals surface area contributed by atoms with Crippen molar-refractivity contribution < 1.29 is 14.3 Å². The second kappa shape index (κ2) is 10.6. The summed E-state index contributed by atoms with van der Waals surface area (Å²) in [4.78, 5) is 15.1. The van der Waals surface area contributed by atoms with Gasteiger partial charge in [0, 0.05) is 38.3 Å². The summed E-state index contributed by atoms with van der Waals surface area (Å²) in [6, 6.07) is 20.8. The van der Waals surface area contributed by atoms with Gasteiger partial charge in [-0.1, -0.05) is 36.4 Å². The third-order valence-electron chi connectivity index (χ3n) is 6.25. The molecule has 0 atom stereocenters. The molecule has 5 nitrogen and oxygen atoms in total. The molecule has 3 aromatic rings. The fraction of sp³-hybridized carbons (Fsp3) is 0.370. The number of carbonyl (C=O) groups excluding carboxylic acids is 1. The summed E-state index contributed by atoms with van der Waals surface area (Å²) in [7, 11) is 3.34. The van der Waals surface area contributed by atoms with Gasteiger partial charge in [0.15, 0.2) is 0 Å². The summed E-state index contributed by atoms with van der Waals surface area (Å²) in [6.45, 7) is 3.70. The molecule has 0 bridgehead atoms. The fourth-order valence-corrected chi connectivity index (χ4v) is 4.38. The van der Waals surface area contributed by atoms with Crippen molar-refractivity contribution in [3.63, 3.8) is 0 Å². The van der Waals surface area contributed by atoms with E-state index in [4.69, 9.17) is 9.47 Å². The molecule has 5 heteroatoms. The minimum absolute atomic E-state index is 0.0219. The zero-order valence-electron chi connectivity index (χ0n) is 19.0. The molecule has 1 N–H and O–H groups in total. The summed E-state index contributed by atoms with van der Waals surface area (Å²) < 4.78 is 10.5. The lowest BCUT2D eigenvalue weighted by Crippen LogP contribution is -2.45. The first kappa shape index (κ1) is 22.3. The van der Waals surface area contributed by atoms with Crippen LogP contribution < -0.4 is 10.1 Å². The normalized spacial score (nSPS) is 15.1. The van der Waals surface area contributed by atoms with Gasteiger partial charge in [-0.25, -0.2) is 0 Å². The van der Waals surface area contributed by atoms with Gasteiger partial charge in [0.05, 0.1) is 13.7 Å². The summed E-state index contributed by atoms with van der Waals surface area (Å²) >= 11 is 0. The lowest BCUT2D eigenvalue weighted by Gasteiger charge is -2.32. The molecule has 1 aliphatic heterocycles. The lowest BCUT2D eigenvalue weighted by molar-refractivity contribution is 0.0911. The van der Waals surface area contributed by atoms with Crippen molar-refractivity contribution in [2.24, 2.45) is 0 Å². The molecule has 1 fully saturated rings. The van der Waals surface area contributed by atoms with Gasteiger partial charge in [-0.15, -0.1) is 0 Å². The first-order valence-corrected chi connectivity index (χ1v) is 11.3. The molecular weight excluding hydrogens is 400 g/mol. The van der Waals surface area contributed by atoms with Crippen molar-refractivity contribution in [1.29, 1.82) is 0 Å². The molecule has 1 heterocycles. The number of nitrogens with zero attached hydrogens (tertiary/aromatic N) is 1. The van der Waals surface area contributed by atoms with Gasteiger partial charge < -0.3 is 19.7 Å². The van der Waals surface area contributed by atoms with E-state index in [-0.39, 0.29) is 11.9 Å². The molecule has 4 rings (SSSR count). The summed E-state index contributed by atoms with van der Waals surface area (Å²) in [5.74, 6) is 0.683. The minimum Gasteiger partial charge on any atom is -0.497 e. The molecule has 168 valence electrons. The SMILES string of the molecule is COCc1ccc2ccc(CCN3CCC(NC(=O)c4cccc(OC)c4)CC3)cc2c1. The standard InChI is InChI=1S/C27H32N2O3/c1-31-19-21-7-9-22-8-6-20(16-24(22)17-21)10-13-29-14-11-25(12-15-29)28-27(30)23-4-3-5-26(18-23)32-2/h3-9,16-18,25H,10-15,19H2,1-2H3,(H,28,30). The molecule has 3 aromatic carbocycles. The number of carbonyl (C=O) groups is 1. The first-order valence-electron chi connectivity index (χ1n) is 11.3. The predicted molar refractivity (Wildman–Crippen MR) is 128 cm³/mol. The number of amides is 1. The van der Waals surface area contributed by atoms with Gasteiger partial charge in [-0.2, -0.15) is 0 Å². The highest BCUT2D eigenvalue weighted by Gasteiger charge is 2.21. The quantitative estimate of drug-likeness (QED) is 0.572. The molecule has 1 saturated heterocycles. The van der Waals surface area contributed by atoms with Crippen LogP contribution in [0.4, 0.5) is 0 Å². The molecular formula is C27H32N2O3. The number of benzene rings is 3. The number of rotatable bonds is 8. The number of methoxy groups -OCH3 is 2. The van der Waals surface area contributed by atoms with E-state index in [9.17, 15) is 4.79 Å². The lowest BCUT2D eigenvalue weighted by atomic mass is 10.0. The maximum absolute atomic E-state index is 12.6. The smallest absolute Gasteiger partial charge is 0.251 e. The highest BCUT2D eigenvalue weighted by Crippen LogP contribution is 2.20. The van der Waals surface area contributed by atoms with Crippen LogP contribution in [-0.4, -0.2) is 50.7 Å². The summed E-state index contributed by atoms with van der Waals surface area (Å²) in [5, 5.41) is 5.72. The van der Waals surface area contributed by atoms with Crippen LogP contribution in [0.15, 0.2) is 60.7 Å². The molecule has 1 amide bonds. The van der Waals surface area contributed by atoms with Gasteiger partial charge in [0.2, 0.25) is 0 Å². The Morgan fingerprint density at radius 2 is 1.72 bits per heavy atom. The minimum atomic E-state index is -0.0219. The van der Waals surface area contributed by atoms with Crippen LogP contribution in [0, 0.1) is 0 Å². The van der Waals surface area contributed by atoms with Crippen LogP contribution in [0.1, 0.15) is 34.3 Å². The third kappa shape index (κ3) is 5.67. The van der Waals surface area contributed by atoms with E-state index in [2.05, 4.69) is 46.6 Å². The Bertz CT molecular complexity index is 1060. The van der Waals surface area contributed by atoms with Crippen molar-refractivity contribution in [2.45, 2.75) is 31.9 Å². The topological polar surface area (TPSA) is 50.8 Å². The second-order valence-corrected chi connectivity index (χ2v) is 8.52. The van der Waals surface area contributed by atoms with Crippen LogP contribution in [0.3, 0.4) is 0 Å². The van der Waals surface area contributed by atoms with Crippen LogP contribution in [-0.2, 0) is 17.8 Å². The Morgan fingerprint density at radius 1 is 0.969 bits per heavy atom. The Labute approximate surface area is 190 Å². The molecule has 1 aliphatic rings. The number of hydrogen-bond donors (Lipinski definition) is 1. The molecule has 0 aromatic heterocycles. The first-order chi connectivity index (χ1) is 15.6. The molecule has 0 saturated carbocycles. The highest BCUT2D eigenvalue weighted by molar-refractivity contribution is 5.94. The van der Waals surface area contributed by atoms with Crippen molar-refractivity contribution in [2.75, 3.05) is 33.9 Å². The number of ether oxygens (including phenoxy) is 2. The van der Waals surface area contributed by atoms with Crippen LogP contribution in [0.2, 0.25) is 0 Å². The van der Waals surface area contributed by atoms with Gasteiger partial charge in [-0.3, -0.25) is 4.79 Å². The Hall–Kier alpha value is -2.89. The van der Waals surface area contributed by atoms with E-state index >= 15 is 0 Å². The van der Waals surface area contributed by atoms with Gasteiger partial charge in [0.25, 0.3) is 5.91 Å². The van der Waals surface area contributed by atoms with Crippen LogP contribution >= 0.6 is 0 Å². The molecule has 0 spiro atoms. The van der Waals surface area contributed by atoms with Crippen molar-refractivity contribution >= 4 is 16.7 Å². The molecule has 0 radical (unpaired) electrons. The van der Waals surface area contributed by atoms with Crippen LogP contribution in [0.25, 0.3) is 10.8 Å². The summed E-state index contributed by atoms with van der Waals surface area (Å²) in [5.41, 5.74) is 3.22. The predicted octanol–water partition coefficient (Wildman–Crippen LogP) is 4.43. The molecule has 0 aliphatic carbocycles. The third-order valence-corrected chi connectivity index (χ3v) is 6.25. The van der Waals surface area contributed by atoms with E-state index in [1.165, 1.54) is 21.9 Å². The average molecular weight is 433 g/mol. The fourth-order valence-electron chi connectivity index (χ4n) is 4.38. The highest BCUT2D eigenvalue weighted by atomic mass is 16.5. The zero-order chi connectivity index (χ0) is 22.3. The number of fused-ring (bicyclic) bond motifs is 1. The van der Waals surface area contributed by atoms with E-state index in [1.807, 2.05) is 18.2 Å². The number of hydrogen-bond acceptors (Lipinski definition) is 4. The Balaban J connectivity index is 1.26. The largest absolute Gasteiger partial charge is 0.497 e. The van der Waals surface area contributed by atoms with E-state index < -0.39 is 0 Å². The monoisotopic (exact) mass is 432 g/mol. The van der Waals surface area contributed by atoms with Crippen molar-refractivity contribution in [1.82, 2.24) is 10.2 Å². The van der Waals surface area contributed by atoms with Crippen molar-refractivity contribution in [3.8, 4) is 5.75 Å². The number of piperidine rings is 1. The molecule has 0 unspecified atom stereocenters. The van der Waals surface area contributed by atoms with E-state index in [1.54, 1.807) is 20.3 Å². The average Bonchev–Trinajstić information content (AvgIpc) is 2.83. The van der Waals surface area contributed by atoms with Gasteiger partial charge in [-0.05, 0) is 65.4 Å². The number of nitrogens with one attached hydrogen (secondary N) is 1. The summed E-state index contributed by atoms with van der Waals surface area (Å²) in [6.07, 6.45) is 2.99. The Morgan fingerprint density at radius 3 is 2.47 bits per heavy atom. The maximum atomic E-state index is 12.6. The molecule has 32 heavy (non-hydrogen) atoms. The Kier molecular flexibility index (Phi) is 7.40. The van der Waals surface area contributed by atoms with E-state index in [0.717, 1.165) is 38.9 Å².